The number of aromatic nitrogens is 1. The highest BCUT2D eigenvalue weighted by Crippen LogP contribution is 2.38. The fourth-order valence-corrected chi connectivity index (χ4v) is 4.13. The van der Waals surface area contributed by atoms with E-state index < -0.39 is 0 Å². The lowest BCUT2D eigenvalue weighted by atomic mass is 9.98. The van der Waals surface area contributed by atoms with Crippen molar-refractivity contribution in [3.05, 3.63) is 58.7 Å². The molecule has 166 valence electrons. The van der Waals surface area contributed by atoms with Crippen LogP contribution in [0.3, 0.4) is 0 Å². The van der Waals surface area contributed by atoms with E-state index in [4.69, 9.17) is 25.8 Å². The number of hydrogen-bond donors (Lipinski definition) is 0. The number of hydrazone groups is 1. The van der Waals surface area contributed by atoms with Crippen LogP contribution >= 0.6 is 11.6 Å². The molecular weight excluding hydrogens is 430 g/mol. The molecule has 0 saturated carbocycles. The number of methoxy groups -OCH3 is 2. The number of rotatable bonds is 6. The van der Waals surface area contributed by atoms with Crippen LogP contribution in [-0.2, 0) is 4.79 Å². The van der Waals surface area contributed by atoms with E-state index in [0.29, 0.717) is 29.7 Å². The van der Waals surface area contributed by atoms with E-state index in [9.17, 15) is 4.79 Å². The van der Waals surface area contributed by atoms with Gasteiger partial charge in [-0.2, -0.15) is 5.10 Å². The van der Waals surface area contributed by atoms with Gasteiger partial charge in [0.05, 0.1) is 38.1 Å². The van der Waals surface area contributed by atoms with Gasteiger partial charge in [0.2, 0.25) is 5.91 Å². The first-order valence-electron chi connectivity index (χ1n) is 10.3. The van der Waals surface area contributed by atoms with Crippen LogP contribution in [0, 0.1) is 0 Å². The van der Waals surface area contributed by atoms with Crippen molar-refractivity contribution in [1.82, 2.24) is 9.99 Å². The first kappa shape index (κ1) is 21.9. The molecule has 32 heavy (non-hydrogen) atoms. The molecule has 1 amide bonds. The SMILES string of the molecule is CCOc1ccc2cc(C3CC(c4ccc(OC)c(OC)c4)=NN3C(C)=O)c(Cl)nc2c1. The normalized spacial score (nSPS) is 15.6. The van der Waals surface area contributed by atoms with Gasteiger partial charge in [0, 0.05) is 35.9 Å². The van der Waals surface area contributed by atoms with Gasteiger partial charge in [0.25, 0.3) is 0 Å². The molecule has 1 unspecified atom stereocenters. The van der Waals surface area contributed by atoms with Gasteiger partial charge in [-0.15, -0.1) is 0 Å². The smallest absolute Gasteiger partial charge is 0.240 e. The van der Waals surface area contributed by atoms with E-state index in [-0.39, 0.29) is 11.9 Å². The highest BCUT2D eigenvalue weighted by atomic mass is 35.5. The quantitative estimate of drug-likeness (QED) is 0.491. The summed E-state index contributed by atoms with van der Waals surface area (Å²) in [6, 6.07) is 12.9. The van der Waals surface area contributed by atoms with Gasteiger partial charge >= 0.3 is 0 Å². The van der Waals surface area contributed by atoms with Crippen molar-refractivity contribution in [3.63, 3.8) is 0 Å². The van der Waals surface area contributed by atoms with Crippen molar-refractivity contribution >= 4 is 34.1 Å². The first-order valence-corrected chi connectivity index (χ1v) is 10.7. The van der Waals surface area contributed by atoms with Crippen LogP contribution in [0.15, 0.2) is 47.6 Å². The van der Waals surface area contributed by atoms with E-state index in [1.54, 1.807) is 14.2 Å². The Morgan fingerprint density at radius 2 is 1.91 bits per heavy atom. The van der Waals surface area contributed by atoms with Gasteiger partial charge in [0.1, 0.15) is 10.9 Å². The van der Waals surface area contributed by atoms with Crippen molar-refractivity contribution in [1.29, 1.82) is 0 Å². The highest BCUT2D eigenvalue weighted by molar-refractivity contribution is 6.30. The number of carbonyl (C=O) groups excluding carboxylic acids is 1. The van der Waals surface area contributed by atoms with Crippen molar-refractivity contribution < 1.29 is 19.0 Å². The number of fused-ring (bicyclic) bond motifs is 1. The second kappa shape index (κ2) is 9.04. The van der Waals surface area contributed by atoms with Crippen LogP contribution in [0.25, 0.3) is 10.9 Å². The monoisotopic (exact) mass is 453 g/mol. The molecule has 1 aromatic heterocycles. The van der Waals surface area contributed by atoms with Crippen molar-refractivity contribution in [3.8, 4) is 17.2 Å². The molecule has 0 aliphatic carbocycles. The number of ether oxygens (including phenoxy) is 3. The lowest BCUT2D eigenvalue weighted by molar-refractivity contribution is -0.130. The Balaban J connectivity index is 1.71. The van der Waals surface area contributed by atoms with Gasteiger partial charge < -0.3 is 14.2 Å². The number of hydrogen-bond acceptors (Lipinski definition) is 6. The Hall–Kier alpha value is -3.32. The number of benzene rings is 2. The Labute approximate surface area is 191 Å². The highest BCUT2D eigenvalue weighted by Gasteiger charge is 2.33. The number of halogens is 1. The maximum absolute atomic E-state index is 12.4. The molecule has 0 fully saturated rings. The third-order valence-electron chi connectivity index (χ3n) is 5.39. The predicted molar refractivity (Wildman–Crippen MR) is 124 cm³/mol. The minimum Gasteiger partial charge on any atom is -0.494 e. The molecule has 0 bridgehead atoms. The average molecular weight is 454 g/mol. The van der Waals surface area contributed by atoms with Crippen LogP contribution < -0.4 is 14.2 Å². The van der Waals surface area contributed by atoms with E-state index in [1.807, 2.05) is 49.4 Å². The van der Waals surface area contributed by atoms with E-state index >= 15 is 0 Å². The summed E-state index contributed by atoms with van der Waals surface area (Å²) in [6.45, 7) is 3.99. The Bertz CT molecular complexity index is 1210. The summed E-state index contributed by atoms with van der Waals surface area (Å²) >= 11 is 6.59. The minimum atomic E-state index is -0.355. The number of carbonyl (C=O) groups is 1. The Morgan fingerprint density at radius 3 is 2.59 bits per heavy atom. The average Bonchev–Trinajstić information content (AvgIpc) is 3.24. The standard InChI is InChI=1S/C24H24ClN3O4/c1-5-32-17-8-6-15-10-18(24(25)26-19(15)12-17)21-13-20(27-28(21)14(2)29)16-7-9-22(30-3)23(11-16)31-4/h6-12,21H,5,13H2,1-4H3. The zero-order chi connectivity index (χ0) is 22.8. The summed E-state index contributed by atoms with van der Waals surface area (Å²) in [4.78, 5) is 17.0. The molecule has 7 nitrogen and oxygen atoms in total. The van der Waals surface area contributed by atoms with Gasteiger partial charge in [-0.1, -0.05) is 11.6 Å². The minimum absolute atomic E-state index is 0.173. The zero-order valence-electron chi connectivity index (χ0n) is 18.4. The summed E-state index contributed by atoms with van der Waals surface area (Å²) in [6.07, 6.45) is 0.499. The molecule has 0 saturated heterocycles. The lowest BCUT2D eigenvalue weighted by Crippen LogP contribution is -2.24. The molecule has 3 aromatic rings. The summed E-state index contributed by atoms with van der Waals surface area (Å²) in [5.74, 6) is 1.79. The molecule has 8 heteroatoms. The van der Waals surface area contributed by atoms with Gasteiger partial charge in [-0.25, -0.2) is 9.99 Å². The van der Waals surface area contributed by atoms with Gasteiger partial charge in [-0.05, 0) is 43.3 Å². The Morgan fingerprint density at radius 1 is 1.12 bits per heavy atom. The third-order valence-corrected chi connectivity index (χ3v) is 5.69. The summed E-state index contributed by atoms with van der Waals surface area (Å²) in [7, 11) is 3.17. The molecule has 0 N–H and O–H groups in total. The third kappa shape index (κ3) is 4.08. The molecule has 2 aromatic carbocycles. The van der Waals surface area contributed by atoms with Crippen molar-refractivity contribution in [2.24, 2.45) is 5.10 Å². The topological polar surface area (TPSA) is 73.2 Å². The maximum Gasteiger partial charge on any atom is 0.240 e. The summed E-state index contributed by atoms with van der Waals surface area (Å²) < 4.78 is 16.3. The second-order valence-corrected chi connectivity index (χ2v) is 7.71. The fraction of sp³-hybridized carbons (Fsp3) is 0.292. The van der Waals surface area contributed by atoms with E-state index in [2.05, 4.69) is 10.1 Å². The zero-order valence-corrected chi connectivity index (χ0v) is 19.1. The van der Waals surface area contributed by atoms with Crippen LogP contribution in [0.1, 0.15) is 37.4 Å². The van der Waals surface area contributed by atoms with Crippen molar-refractivity contribution in [2.45, 2.75) is 26.3 Å². The molecular formula is C24H24ClN3O4. The number of amides is 1. The van der Waals surface area contributed by atoms with E-state index in [0.717, 1.165) is 33.5 Å². The maximum atomic E-state index is 12.4. The lowest BCUT2D eigenvalue weighted by Gasteiger charge is -2.21. The molecule has 1 aliphatic heterocycles. The van der Waals surface area contributed by atoms with Crippen LogP contribution in [0.2, 0.25) is 5.15 Å². The van der Waals surface area contributed by atoms with Crippen LogP contribution in [0.4, 0.5) is 0 Å². The first-order chi connectivity index (χ1) is 15.4. The largest absolute Gasteiger partial charge is 0.494 e. The molecule has 4 rings (SSSR count). The Kier molecular flexibility index (Phi) is 6.19. The number of pyridine rings is 1. The number of nitrogens with zero attached hydrogens (tertiary/aromatic N) is 3. The van der Waals surface area contributed by atoms with E-state index in [1.165, 1.54) is 11.9 Å². The van der Waals surface area contributed by atoms with Crippen LogP contribution in [0.5, 0.6) is 17.2 Å². The molecule has 1 atom stereocenters. The fourth-order valence-electron chi connectivity index (χ4n) is 3.86. The molecule has 0 spiro atoms. The van der Waals surface area contributed by atoms with Gasteiger partial charge in [-0.3, -0.25) is 4.79 Å². The molecule has 1 aliphatic rings. The van der Waals surface area contributed by atoms with Crippen LogP contribution in [-0.4, -0.2) is 42.4 Å². The van der Waals surface area contributed by atoms with Gasteiger partial charge in [0.15, 0.2) is 11.5 Å². The molecule has 2 heterocycles. The predicted octanol–water partition coefficient (Wildman–Crippen LogP) is 5.00. The second-order valence-electron chi connectivity index (χ2n) is 7.36. The summed E-state index contributed by atoms with van der Waals surface area (Å²) in [5, 5.41) is 7.32. The van der Waals surface area contributed by atoms with Crippen molar-refractivity contribution in [2.75, 3.05) is 20.8 Å². The summed E-state index contributed by atoms with van der Waals surface area (Å²) in [5.41, 5.74) is 3.09. The molecule has 0 radical (unpaired) electrons.